The number of carbonyl (C=O) groups is 1. The number of benzene rings is 2. The van der Waals surface area contributed by atoms with Gasteiger partial charge in [0, 0.05) is 12.0 Å². The molecule has 0 atom stereocenters. The summed E-state index contributed by atoms with van der Waals surface area (Å²) in [5.74, 6) is 0.350. The van der Waals surface area contributed by atoms with Crippen LogP contribution in [0.15, 0.2) is 54.1 Å². The molecule has 1 fully saturated rings. The summed E-state index contributed by atoms with van der Waals surface area (Å²) in [7, 11) is 1.58. The van der Waals surface area contributed by atoms with Crippen molar-refractivity contribution in [3.05, 3.63) is 70.3 Å². The van der Waals surface area contributed by atoms with E-state index >= 15 is 0 Å². The number of rotatable bonds is 3. The third-order valence-corrected chi connectivity index (χ3v) is 3.93. The van der Waals surface area contributed by atoms with Crippen molar-refractivity contribution in [1.29, 1.82) is 0 Å². The summed E-state index contributed by atoms with van der Waals surface area (Å²) in [6.45, 7) is 0.425. The maximum atomic E-state index is 12.0. The first-order valence-electron chi connectivity index (χ1n) is 7.00. The molecule has 0 amide bonds. The van der Waals surface area contributed by atoms with Crippen LogP contribution in [0.4, 0.5) is 0 Å². The van der Waals surface area contributed by atoms with Crippen LogP contribution in [-0.4, -0.2) is 19.7 Å². The summed E-state index contributed by atoms with van der Waals surface area (Å²) in [4.78, 5) is 12.0. The fourth-order valence-corrected chi connectivity index (χ4v) is 2.86. The first kappa shape index (κ1) is 14.7. The van der Waals surface area contributed by atoms with E-state index in [9.17, 15) is 4.79 Å². The van der Waals surface area contributed by atoms with Crippen molar-refractivity contribution in [2.75, 3.05) is 13.7 Å². The average molecular weight is 315 g/mol. The molecule has 3 nitrogen and oxygen atoms in total. The van der Waals surface area contributed by atoms with Gasteiger partial charge >= 0.3 is 5.97 Å². The van der Waals surface area contributed by atoms with Crippen LogP contribution in [-0.2, 0) is 9.53 Å². The predicted octanol–water partition coefficient (Wildman–Crippen LogP) is 4.10. The molecule has 0 spiro atoms. The van der Waals surface area contributed by atoms with Gasteiger partial charge in [-0.05, 0) is 28.8 Å². The summed E-state index contributed by atoms with van der Waals surface area (Å²) in [5, 5.41) is 0.514. The first-order chi connectivity index (χ1) is 10.7. The largest absolute Gasteiger partial charge is 0.495 e. The van der Waals surface area contributed by atoms with Crippen molar-refractivity contribution >= 4 is 23.1 Å². The second-order valence-electron chi connectivity index (χ2n) is 4.95. The molecule has 0 aromatic heterocycles. The van der Waals surface area contributed by atoms with Gasteiger partial charge in [0.25, 0.3) is 0 Å². The van der Waals surface area contributed by atoms with E-state index in [0.29, 0.717) is 29.4 Å². The molecule has 2 aromatic carbocycles. The van der Waals surface area contributed by atoms with E-state index in [2.05, 4.69) is 0 Å². The average Bonchev–Trinajstić information content (AvgIpc) is 2.95. The van der Waals surface area contributed by atoms with E-state index in [0.717, 1.165) is 16.7 Å². The molecule has 0 saturated carbocycles. The molecule has 1 saturated heterocycles. The molecule has 3 rings (SSSR count). The summed E-state index contributed by atoms with van der Waals surface area (Å²) in [6, 6.07) is 15.3. The van der Waals surface area contributed by atoms with Gasteiger partial charge in [-0.15, -0.1) is 0 Å². The molecule has 1 aliphatic rings. The minimum Gasteiger partial charge on any atom is -0.495 e. The fraction of sp³-hybridized carbons (Fsp3) is 0.167. The van der Waals surface area contributed by atoms with Gasteiger partial charge in [-0.1, -0.05) is 48.0 Å². The highest BCUT2D eigenvalue weighted by Crippen LogP contribution is 2.35. The highest BCUT2D eigenvalue weighted by Gasteiger charge is 2.25. The van der Waals surface area contributed by atoms with Crippen LogP contribution in [0.5, 0.6) is 5.75 Å². The Balaban J connectivity index is 2.19. The van der Waals surface area contributed by atoms with Crippen LogP contribution >= 0.6 is 11.6 Å². The van der Waals surface area contributed by atoms with Crippen molar-refractivity contribution in [1.82, 2.24) is 0 Å². The predicted molar refractivity (Wildman–Crippen MR) is 86.0 cm³/mol. The molecule has 22 heavy (non-hydrogen) atoms. The van der Waals surface area contributed by atoms with Gasteiger partial charge in [-0.3, -0.25) is 0 Å². The Morgan fingerprint density at radius 3 is 2.50 bits per heavy atom. The first-order valence-corrected chi connectivity index (χ1v) is 7.38. The smallest absolute Gasteiger partial charge is 0.334 e. The van der Waals surface area contributed by atoms with E-state index < -0.39 is 0 Å². The second-order valence-corrected chi connectivity index (χ2v) is 5.36. The SMILES string of the molecule is COc1ccc(/C(=C2/CCOC2=O)c2ccccc2)cc1Cl. The standard InChI is InChI=1S/C18H15ClO3/c1-21-16-8-7-13(11-15(16)19)17(12-5-3-2-4-6-12)14-9-10-22-18(14)20/h2-8,11H,9-10H2,1H3/b17-14-. The Morgan fingerprint density at radius 2 is 1.91 bits per heavy atom. The van der Waals surface area contributed by atoms with Crippen LogP contribution in [0.1, 0.15) is 17.5 Å². The van der Waals surface area contributed by atoms with Crippen molar-refractivity contribution in [2.45, 2.75) is 6.42 Å². The van der Waals surface area contributed by atoms with Crippen LogP contribution in [0.2, 0.25) is 5.02 Å². The maximum Gasteiger partial charge on any atom is 0.334 e. The van der Waals surface area contributed by atoms with Crippen molar-refractivity contribution < 1.29 is 14.3 Å². The van der Waals surface area contributed by atoms with Gasteiger partial charge in [-0.25, -0.2) is 4.79 Å². The Hall–Kier alpha value is -2.26. The van der Waals surface area contributed by atoms with Gasteiger partial charge in [0.1, 0.15) is 5.75 Å². The lowest BCUT2D eigenvalue weighted by molar-refractivity contribution is -0.135. The fourth-order valence-electron chi connectivity index (χ4n) is 2.60. The minimum atomic E-state index is -0.259. The Morgan fingerprint density at radius 1 is 1.14 bits per heavy atom. The summed E-state index contributed by atoms with van der Waals surface area (Å²) in [6.07, 6.45) is 0.604. The number of esters is 1. The molecule has 112 valence electrons. The number of ether oxygens (including phenoxy) is 2. The van der Waals surface area contributed by atoms with E-state index in [1.165, 1.54) is 0 Å². The van der Waals surface area contributed by atoms with Gasteiger partial charge in [0.2, 0.25) is 0 Å². The maximum absolute atomic E-state index is 12.0. The molecule has 0 N–H and O–H groups in total. The van der Waals surface area contributed by atoms with Crippen LogP contribution in [0.25, 0.3) is 5.57 Å². The summed E-state index contributed by atoms with van der Waals surface area (Å²) in [5.41, 5.74) is 3.41. The molecule has 0 bridgehead atoms. The highest BCUT2D eigenvalue weighted by molar-refractivity contribution is 6.32. The zero-order valence-corrected chi connectivity index (χ0v) is 12.9. The number of hydrogen-bond acceptors (Lipinski definition) is 3. The lowest BCUT2D eigenvalue weighted by Crippen LogP contribution is -2.01. The number of carbonyl (C=O) groups excluding carboxylic acids is 1. The Kier molecular flexibility index (Phi) is 4.16. The molecule has 0 unspecified atom stereocenters. The van der Waals surface area contributed by atoms with E-state index in [1.54, 1.807) is 13.2 Å². The van der Waals surface area contributed by atoms with Crippen LogP contribution < -0.4 is 4.74 Å². The minimum absolute atomic E-state index is 0.259. The zero-order chi connectivity index (χ0) is 15.5. The van der Waals surface area contributed by atoms with Crippen LogP contribution in [0.3, 0.4) is 0 Å². The molecule has 4 heteroatoms. The number of cyclic esters (lactones) is 1. The van der Waals surface area contributed by atoms with E-state index in [-0.39, 0.29) is 5.97 Å². The quantitative estimate of drug-likeness (QED) is 0.632. The van der Waals surface area contributed by atoms with Crippen molar-refractivity contribution in [3.8, 4) is 5.75 Å². The molecule has 0 radical (unpaired) electrons. The molecular weight excluding hydrogens is 300 g/mol. The zero-order valence-electron chi connectivity index (χ0n) is 12.1. The van der Waals surface area contributed by atoms with Gasteiger partial charge in [0.05, 0.1) is 18.7 Å². The third kappa shape index (κ3) is 2.72. The molecule has 2 aromatic rings. The van der Waals surface area contributed by atoms with E-state index in [4.69, 9.17) is 21.1 Å². The van der Waals surface area contributed by atoms with Gasteiger partial charge in [0.15, 0.2) is 0 Å². The number of hydrogen-bond donors (Lipinski definition) is 0. The summed E-state index contributed by atoms with van der Waals surface area (Å²) >= 11 is 6.24. The van der Waals surface area contributed by atoms with Gasteiger partial charge in [-0.2, -0.15) is 0 Å². The Labute approximate surface area is 134 Å². The molecular formula is C18H15ClO3. The van der Waals surface area contributed by atoms with Crippen LogP contribution in [0, 0.1) is 0 Å². The highest BCUT2D eigenvalue weighted by atomic mass is 35.5. The molecule has 1 heterocycles. The van der Waals surface area contributed by atoms with E-state index in [1.807, 2.05) is 42.5 Å². The summed E-state index contributed by atoms with van der Waals surface area (Å²) < 4.78 is 10.3. The number of halogens is 1. The van der Waals surface area contributed by atoms with Crippen molar-refractivity contribution in [3.63, 3.8) is 0 Å². The monoisotopic (exact) mass is 314 g/mol. The normalized spacial score (nSPS) is 16.4. The molecule has 0 aliphatic carbocycles. The second kappa shape index (κ2) is 6.24. The lowest BCUT2D eigenvalue weighted by atomic mass is 9.92. The molecule has 1 aliphatic heterocycles. The Bertz CT molecular complexity index is 735. The van der Waals surface area contributed by atoms with Gasteiger partial charge < -0.3 is 9.47 Å². The topological polar surface area (TPSA) is 35.5 Å². The lowest BCUT2D eigenvalue weighted by Gasteiger charge is -2.12. The van der Waals surface area contributed by atoms with Crippen molar-refractivity contribution in [2.24, 2.45) is 0 Å². The third-order valence-electron chi connectivity index (χ3n) is 3.64. The number of methoxy groups -OCH3 is 1.